The molecule has 4 rings (SSSR count). The number of hydrogen-bond donors (Lipinski definition) is 0. The minimum absolute atomic E-state index is 0.170. The van der Waals surface area contributed by atoms with Gasteiger partial charge < -0.3 is 4.74 Å². The van der Waals surface area contributed by atoms with Crippen LogP contribution in [-0.4, -0.2) is 11.6 Å². The molecule has 0 saturated heterocycles. The van der Waals surface area contributed by atoms with Crippen molar-refractivity contribution < 1.29 is 9.53 Å². The number of hydrazone groups is 1. The maximum atomic E-state index is 12.8. The molecule has 0 aliphatic carbocycles. The van der Waals surface area contributed by atoms with Gasteiger partial charge >= 0.3 is 0 Å². The predicted molar refractivity (Wildman–Crippen MR) is 122 cm³/mol. The van der Waals surface area contributed by atoms with E-state index in [0.717, 1.165) is 16.8 Å². The summed E-state index contributed by atoms with van der Waals surface area (Å²) in [5.41, 5.74) is 3.66. The summed E-state index contributed by atoms with van der Waals surface area (Å²) in [5, 5.41) is 6.92. The second kappa shape index (κ2) is 8.74. The molecular weight excluding hydrogens is 419 g/mol. The van der Waals surface area contributed by atoms with Crippen molar-refractivity contribution >= 4 is 46.6 Å². The van der Waals surface area contributed by atoms with E-state index in [2.05, 4.69) is 5.10 Å². The minimum atomic E-state index is -0.170. The van der Waals surface area contributed by atoms with Crippen LogP contribution < -0.4 is 9.75 Å². The van der Waals surface area contributed by atoms with Crippen LogP contribution in [0.4, 0.5) is 5.69 Å². The van der Waals surface area contributed by atoms with Gasteiger partial charge in [-0.1, -0.05) is 59.6 Å². The van der Waals surface area contributed by atoms with Gasteiger partial charge in [0.05, 0.1) is 22.0 Å². The summed E-state index contributed by atoms with van der Waals surface area (Å²) < 4.78 is 5.81. The zero-order valence-corrected chi connectivity index (χ0v) is 17.7. The molecular formula is C24H18Cl2N2O2. The Labute approximate surface area is 185 Å². The van der Waals surface area contributed by atoms with Gasteiger partial charge in [0.25, 0.3) is 5.91 Å². The Morgan fingerprint density at radius 1 is 1.00 bits per heavy atom. The maximum Gasteiger partial charge on any atom is 0.280 e. The Balaban J connectivity index is 1.51. The number of carbonyl (C=O) groups is 1. The second-order valence-corrected chi connectivity index (χ2v) is 7.65. The summed E-state index contributed by atoms with van der Waals surface area (Å²) in [7, 11) is 0. The number of nitrogens with zero attached hydrogens (tertiary/aromatic N) is 2. The Hall–Kier alpha value is -3.08. The highest BCUT2D eigenvalue weighted by atomic mass is 35.5. The number of halogens is 2. The summed E-state index contributed by atoms with van der Waals surface area (Å²) in [6.07, 6.45) is 1.79. The third kappa shape index (κ3) is 4.40. The highest BCUT2D eigenvalue weighted by Crippen LogP contribution is 2.29. The van der Waals surface area contributed by atoms with Crippen molar-refractivity contribution in [2.24, 2.45) is 5.10 Å². The molecule has 0 bridgehead atoms. The molecule has 1 amide bonds. The Kier molecular flexibility index (Phi) is 5.88. The first kappa shape index (κ1) is 20.2. The zero-order valence-electron chi connectivity index (χ0n) is 16.2. The van der Waals surface area contributed by atoms with Crippen LogP contribution in [0.2, 0.25) is 10.0 Å². The van der Waals surface area contributed by atoms with Gasteiger partial charge in [0.1, 0.15) is 12.4 Å². The predicted octanol–water partition coefficient (Wildman–Crippen LogP) is 6.38. The van der Waals surface area contributed by atoms with Crippen LogP contribution >= 0.6 is 23.2 Å². The average molecular weight is 437 g/mol. The first-order valence-corrected chi connectivity index (χ1v) is 10.1. The molecule has 0 radical (unpaired) electrons. The number of ether oxygens (including phenoxy) is 1. The lowest BCUT2D eigenvalue weighted by Gasteiger charge is -2.11. The van der Waals surface area contributed by atoms with E-state index in [1.165, 1.54) is 5.01 Å². The molecule has 1 aliphatic heterocycles. The van der Waals surface area contributed by atoms with Crippen molar-refractivity contribution in [1.82, 2.24) is 0 Å². The van der Waals surface area contributed by atoms with Crippen LogP contribution in [0, 0.1) is 0 Å². The van der Waals surface area contributed by atoms with E-state index < -0.39 is 0 Å². The highest BCUT2D eigenvalue weighted by molar-refractivity contribution is 6.33. The monoisotopic (exact) mass is 436 g/mol. The molecule has 0 spiro atoms. The number of hydrogen-bond acceptors (Lipinski definition) is 3. The lowest BCUT2D eigenvalue weighted by Crippen LogP contribution is -2.21. The van der Waals surface area contributed by atoms with Crippen LogP contribution in [-0.2, 0) is 11.4 Å². The normalized spacial score (nSPS) is 14.9. The largest absolute Gasteiger partial charge is 0.487 e. The van der Waals surface area contributed by atoms with Gasteiger partial charge in [-0.15, -0.1) is 0 Å². The number of benzene rings is 3. The van der Waals surface area contributed by atoms with Gasteiger partial charge in [0, 0.05) is 5.02 Å². The van der Waals surface area contributed by atoms with Crippen LogP contribution in [0.25, 0.3) is 6.08 Å². The van der Waals surface area contributed by atoms with Gasteiger partial charge in [-0.2, -0.15) is 10.1 Å². The molecule has 0 atom stereocenters. The standard InChI is InChI=1S/C24H18Cl2N2O2/c1-16-21(24(29)28(27-16)20-8-3-2-4-9-20)13-17-10-11-23(22(26)14-17)30-15-18-6-5-7-19(25)12-18/h2-14H,15H2,1H3/b21-13+. The molecule has 1 aliphatic rings. The summed E-state index contributed by atoms with van der Waals surface area (Å²) in [6.45, 7) is 2.17. The molecule has 0 fully saturated rings. The quantitative estimate of drug-likeness (QED) is 0.435. The highest BCUT2D eigenvalue weighted by Gasteiger charge is 2.28. The van der Waals surface area contributed by atoms with Crippen molar-refractivity contribution in [2.75, 3.05) is 5.01 Å². The van der Waals surface area contributed by atoms with E-state index in [-0.39, 0.29) is 5.91 Å². The maximum absolute atomic E-state index is 12.8. The number of amides is 1. The molecule has 30 heavy (non-hydrogen) atoms. The number of para-hydroxylation sites is 1. The van der Waals surface area contributed by atoms with E-state index >= 15 is 0 Å². The van der Waals surface area contributed by atoms with Gasteiger partial charge in [0.15, 0.2) is 0 Å². The van der Waals surface area contributed by atoms with Crippen molar-refractivity contribution in [2.45, 2.75) is 13.5 Å². The van der Waals surface area contributed by atoms with Crippen molar-refractivity contribution in [3.8, 4) is 5.75 Å². The Morgan fingerprint density at radius 3 is 2.53 bits per heavy atom. The lowest BCUT2D eigenvalue weighted by molar-refractivity contribution is -0.114. The van der Waals surface area contributed by atoms with Crippen LogP contribution in [0.5, 0.6) is 5.75 Å². The molecule has 4 nitrogen and oxygen atoms in total. The van der Waals surface area contributed by atoms with Crippen molar-refractivity contribution in [3.63, 3.8) is 0 Å². The molecule has 6 heteroatoms. The SMILES string of the molecule is CC1=NN(c2ccccc2)C(=O)/C1=C/c1ccc(OCc2cccc(Cl)c2)c(Cl)c1. The van der Waals surface area contributed by atoms with Gasteiger partial charge in [-0.05, 0) is 60.5 Å². The number of anilines is 1. The van der Waals surface area contributed by atoms with Gasteiger partial charge in [-0.25, -0.2) is 0 Å². The molecule has 150 valence electrons. The molecule has 0 aromatic heterocycles. The Bertz CT molecular complexity index is 1160. The van der Waals surface area contributed by atoms with Crippen molar-refractivity contribution in [3.05, 3.63) is 99.5 Å². The third-order valence-electron chi connectivity index (χ3n) is 4.61. The molecule has 0 N–H and O–H groups in total. The fourth-order valence-corrected chi connectivity index (χ4v) is 3.56. The molecule has 3 aromatic carbocycles. The topological polar surface area (TPSA) is 41.9 Å². The first-order valence-electron chi connectivity index (χ1n) is 9.35. The summed E-state index contributed by atoms with van der Waals surface area (Å²) in [4.78, 5) is 12.8. The zero-order chi connectivity index (χ0) is 21.1. The van der Waals surface area contributed by atoms with Gasteiger partial charge in [0.2, 0.25) is 0 Å². The molecule has 3 aromatic rings. The second-order valence-electron chi connectivity index (χ2n) is 6.80. The summed E-state index contributed by atoms with van der Waals surface area (Å²) in [5.74, 6) is 0.393. The first-order chi connectivity index (χ1) is 14.5. The number of rotatable bonds is 5. The molecule has 0 saturated carbocycles. The van der Waals surface area contributed by atoms with Crippen LogP contribution in [0.15, 0.2) is 83.5 Å². The summed E-state index contributed by atoms with van der Waals surface area (Å²) in [6, 6.07) is 22.2. The smallest absolute Gasteiger partial charge is 0.280 e. The van der Waals surface area contributed by atoms with E-state index in [1.807, 2.05) is 67.6 Å². The fraction of sp³-hybridized carbons (Fsp3) is 0.0833. The average Bonchev–Trinajstić information content (AvgIpc) is 3.02. The third-order valence-corrected chi connectivity index (χ3v) is 5.14. The van der Waals surface area contributed by atoms with E-state index in [4.69, 9.17) is 27.9 Å². The Morgan fingerprint density at radius 2 is 1.80 bits per heavy atom. The van der Waals surface area contributed by atoms with Crippen LogP contribution in [0.1, 0.15) is 18.1 Å². The van der Waals surface area contributed by atoms with Gasteiger partial charge in [-0.3, -0.25) is 4.79 Å². The minimum Gasteiger partial charge on any atom is -0.487 e. The number of carbonyl (C=O) groups excluding carboxylic acids is 1. The lowest BCUT2D eigenvalue weighted by atomic mass is 10.1. The van der Waals surface area contributed by atoms with E-state index in [0.29, 0.717) is 33.7 Å². The molecule has 0 unspecified atom stereocenters. The fourth-order valence-electron chi connectivity index (χ4n) is 3.11. The van der Waals surface area contributed by atoms with E-state index in [9.17, 15) is 4.79 Å². The van der Waals surface area contributed by atoms with Crippen LogP contribution in [0.3, 0.4) is 0 Å². The van der Waals surface area contributed by atoms with E-state index in [1.54, 1.807) is 18.2 Å². The van der Waals surface area contributed by atoms with Crippen molar-refractivity contribution in [1.29, 1.82) is 0 Å². The molecule has 1 heterocycles. The summed E-state index contributed by atoms with van der Waals surface area (Å²) >= 11 is 12.4.